The van der Waals surface area contributed by atoms with Gasteiger partial charge in [-0.2, -0.15) is 0 Å². The van der Waals surface area contributed by atoms with E-state index in [1.165, 1.54) is 0 Å². The van der Waals surface area contributed by atoms with Crippen LogP contribution in [0.15, 0.2) is 0 Å². The summed E-state index contributed by atoms with van der Waals surface area (Å²) in [7, 11) is 0. The van der Waals surface area contributed by atoms with Crippen LogP contribution in [0.4, 0.5) is 4.79 Å². The Morgan fingerprint density at radius 3 is 2.12 bits per heavy atom. The van der Waals surface area contributed by atoms with Crippen LogP contribution in [-0.2, 0) is 4.74 Å². The molecule has 0 fully saturated rings. The van der Waals surface area contributed by atoms with Crippen molar-refractivity contribution in [3.63, 3.8) is 0 Å². The van der Waals surface area contributed by atoms with Crippen LogP contribution in [-0.4, -0.2) is 35.7 Å². The monoisotopic (exact) mass is 126 g/mol. The molecular formula is C3H7N2NaO2. The summed E-state index contributed by atoms with van der Waals surface area (Å²) in [5.41, 5.74) is 4.32. The fraction of sp³-hybridized carbons (Fsp3) is 0.333. The standard InChI is InChI=1S/C2H2N2O2.CH4.Na.H/c3-1-6-2(4)5;;;/h(H2,4,5);1H4;;. The van der Waals surface area contributed by atoms with Crippen LogP contribution in [0.25, 0.3) is 0 Å². The van der Waals surface area contributed by atoms with Gasteiger partial charge in [0.25, 0.3) is 6.26 Å². The van der Waals surface area contributed by atoms with E-state index in [9.17, 15) is 4.79 Å². The number of nitrogens with zero attached hydrogens (tertiary/aromatic N) is 1. The van der Waals surface area contributed by atoms with E-state index >= 15 is 0 Å². The van der Waals surface area contributed by atoms with Crippen LogP contribution in [0.5, 0.6) is 0 Å². The normalized spacial score (nSPS) is 4.38. The molecule has 0 rings (SSSR count). The van der Waals surface area contributed by atoms with Gasteiger partial charge in [-0.05, 0) is 0 Å². The van der Waals surface area contributed by atoms with Crippen LogP contribution in [0, 0.1) is 11.5 Å². The number of hydrogen-bond donors (Lipinski definition) is 1. The van der Waals surface area contributed by atoms with Gasteiger partial charge in [-0.3, -0.25) is 0 Å². The van der Waals surface area contributed by atoms with Crippen molar-refractivity contribution in [2.24, 2.45) is 5.73 Å². The fourth-order valence-electron chi connectivity index (χ4n) is 0.0450. The van der Waals surface area contributed by atoms with Gasteiger partial charge in [0.1, 0.15) is 0 Å². The van der Waals surface area contributed by atoms with E-state index in [2.05, 4.69) is 10.5 Å². The molecule has 0 atom stereocenters. The predicted octanol–water partition coefficient (Wildman–Crippen LogP) is -0.450. The molecule has 0 aliphatic carbocycles. The Morgan fingerprint density at radius 1 is 1.75 bits per heavy atom. The Balaban J connectivity index is -0.000000125. The summed E-state index contributed by atoms with van der Waals surface area (Å²) in [6.07, 6.45) is 0.0208. The zero-order valence-electron chi connectivity index (χ0n) is 2.84. The second-order valence-corrected chi connectivity index (χ2v) is 0.512. The van der Waals surface area contributed by atoms with Crippen molar-refractivity contribution in [3.8, 4) is 6.26 Å². The predicted molar refractivity (Wildman–Crippen MR) is 30.2 cm³/mol. The molecule has 0 radical (unpaired) electrons. The second kappa shape index (κ2) is 9.90. The van der Waals surface area contributed by atoms with E-state index in [1.54, 1.807) is 0 Å². The van der Waals surface area contributed by atoms with Crippen molar-refractivity contribution in [3.05, 3.63) is 0 Å². The molecule has 0 saturated heterocycles. The van der Waals surface area contributed by atoms with Crippen molar-refractivity contribution in [1.82, 2.24) is 0 Å². The van der Waals surface area contributed by atoms with Gasteiger partial charge >= 0.3 is 35.7 Å². The number of carbonyl (C=O) groups is 1. The molecule has 8 heavy (non-hydrogen) atoms. The molecule has 1 amide bonds. The minimum atomic E-state index is -1.07. The van der Waals surface area contributed by atoms with Crippen LogP contribution in [0.1, 0.15) is 7.43 Å². The first-order valence-electron chi connectivity index (χ1n) is 1.12. The van der Waals surface area contributed by atoms with E-state index in [-0.39, 0.29) is 37.0 Å². The molecule has 0 aromatic carbocycles. The van der Waals surface area contributed by atoms with Gasteiger partial charge in [0.05, 0.1) is 0 Å². The van der Waals surface area contributed by atoms with E-state index in [4.69, 9.17) is 5.26 Å². The molecule has 0 spiro atoms. The molecule has 0 bridgehead atoms. The summed E-state index contributed by atoms with van der Waals surface area (Å²) in [4.78, 5) is 9.38. The molecule has 42 valence electrons. The van der Waals surface area contributed by atoms with Crippen LogP contribution >= 0.6 is 0 Å². The van der Waals surface area contributed by atoms with Crippen molar-refractivity contribution >= 4 is 35.7 Å². The first-order valence-corrected chi connectivity index (χ1v) is 1.12. The van der Waals surface area contributed by atoms with E-state index in [1.807, 2.05) is 0 Å². The molecule has 0 unspecified atom stereocenters. The molecule has 5 heteroatoms. The van der Waals surface area contributed by atoms with Crippen LogP contribution in [0.3, 0.4) is 0 Å². The summed E-state index contributed by atoms with van der Waals surface area (Å²) in [6, 6.07) is 0. The third kappa shape index (κ3) is 17.1. The quantitative estimate of drug-likeness (QED) is 0.352. The topological polar surface area (TPSA) is 76.1 Å². The number of carbonyl (C=O) groups excluding carboxylic acids is 1. The number of rotatable bonds is 0. The Bertz CT molecular complexity index is 97.9. The molecule has 0 aromatic heterocycles. The van der Waals surface area contributed by atoms with Gasteiger partial charge in [-0.15, -0.1) is 5.26 Å². The summed E-state index contributed by atoms with van der Waals surface area (Å²) in [6.45, 7) is 0. The SMILES string of the molecule is C.N#COC(N)=O.[NaH]. The van der Waals surface area contributed by atoms with Crippen molar-refractivity contribution < 1.29 is 9.53 Å². The first-order chi connectivity index (χ1) is 2.77. The number of hydrogen-bond acceptors (Lipinski definition) is 3. The number of nitrogens with two attached hydrogens (primary N) is 1. The zero-order valence-corrected chi connectivity index (χ0v) is 2.84. The average Bonchev–Trinajstić information content (AvgIpc) is 1.35. The molecule has 0 aliphatic rings. The van der Waals surface area contributed by atoms with Gasteiger partial charge in [0.2, 0.25) is 0 Å². The summed E-state index contributed by atoms with van der Waals surface area (Å²) >= 11 is 0. The van der Waals surface area contributed by atoms with Gasteiger partial charge in [-0.25, -0.2) is 4.79 Å². The van der Waals surface area contributed by atoms with E-state index in [0.717, 1.165) is 6.26 Å². The number of nitriles is 1. The van der Waals surface area contributed by atoms with Crippen LogP contribution < -0.4 is 5.73 Å². The molecule has 0 heterocycles. The van der Waals surface area contributed by atoms with Crippen molar-refractivity contribution in [2.45, 2.75) is 7.43 Å². The van der Waals surface area contributed by atoms with Crippen molar-refractivity contribution in [1.29, 1.82) is 5.26 Å². The fourth-order valence-corrected chi connectivity index (χ4v) is 0.0450. The van der Waals surface area contributed by atoms with E-state index < -0.39 is 6.09 Å². The number of ether oxygens (including phenoxy) is 1. The average molecular weight is 126 g/mol. The Kier molecular flexibility index (Phi) is 19.4. The Hall–Kier alpha value is -0.240. The Morgan fingerprint density at radius 2 is 2.12 bits per heavy atom. The Labute approximate surface area is 69.9 Å². The van der Waals surface area contributed by atoms with Gasteiger partial charge in [0.15, 0.2) is 0 Å². The van der Waals surface area contributed by atoms with Gasteiger partial charge in [0, 0.05) is 0 Å². The maximum atomic E-state index is 9.38. The third-order valence-corrected chi connectivity index (χ3v) is 0.146. The molecule has 4 nitrogen and oxygen atoms in total. The van der Waals surface area contributed by atoms with Crippen LogP contribution in [0.2, 0.25) is 0 Å². The third-order valence-electron chi connectivity index (χ3n) is 0.146. The van der Waals surface area contributed by atoms with Crippen molar-refractivity contribution in [2.75, 3.05) is 0 Å². The molecular weight excluding hydrogens is 119 g/mol. The minimum absolute atomic E-state index is 0. The van der Waals surface area contributed by atoms with Gasteiger partial charge in [-0.1, -0.05) is 7.43 Å². The molecule has 0 saturated carbocycles. The molecule has 2 N–H and O–H groups in total. The summed E-state index contributed by atoms with van der Waals surface area (Å²) in [5.74, 6) is 0. The number of amides is 1. The van der Waals surface area contributed by atoms with Gasteiger partial charge < -0.3 is 10.5 Å². The maximum absolute atomic E-state index is 9.38. The molecule has 0 aromatic rings. The second-order valence-electron chi connectivity index (χ2n) is 0.512. The first kappa shape index (κ1) is 15.7. The van der Waals surface area contributed by atoms with E-state index in [0.29, 0.717) is 0 Å². The molecule has 0 aliphatic heterocycles. The summed E-state index contributed by atoms with van der Waals surface area (Å²) in [5, 5.41) is 7.46. The number of primary amides is 1. The zero-order chi connectivity index (χ0) is 4.99. The summed E-state index contributed by atoms with van der Waals surface area (Å²) < 4.78 is 3.49.